The predicted octanol–water partition coefficient (Wildman–Crippen LogP) is 4.24. The lowest BCUT2D eigenvalue weighted by Gasteiger charge is -2.10. The van der Waals surface area contributed by atoms with Crippen LogP contribution >= 0.6 is 23.1 Å². The number of anilines is 1. The highest BCUT2D eigenvalue weighted by atomic mass is 32.2. The van der Waals surface area contributed by atoms with Crippen molar-refractivity contribution in [1.29, 1.82) is 0 Å². The van der Waals surface area contributed by atoms with E-state index < -0.39 is 0 Å². The molecule has 10 heteroatoms. The van der Waals surface area contributed by atoms with Gasteiger partial charge in [0.2, 0.25) is 11.9 Å². The number of benzene rings is 1. The van der Waals surface area contributed by atoms with Gasteiger partial charge in [-0.2, -0.15) is 0 Å². The Morgan fingerprint density at radius 3 is 2.97 bits per heavy atom. The summed E-state index contributed by atoms with van der Waals surface area (Å²) in [5, 5.41) is 12.4. The zero-order valence-electron chi connectivity index (χ0n) is 17.9. The summed E-state index contributed by atoms with van der Waals surface area (Å²) < 4.78 is 19.4. The van der Waals surface area contributed by atoms with Gasteiger partial charge in [0, 0.05) is 41.9 Å². The van der Waals surface area contributed by atoms with Crippen molar-refractivity contribution in [2.75, 3.05) is 31.0 Å². The van der Waals surface area contributed by atoms with Crippen molar-refractivity contribution in [2.24, 2.45) is 0 Å². The molecule has 32 heavy (non-hydrogen) atoms. The Bertz CT molecular complexity index is 1140. The third-order valence-electron chi connectivity index (χ3n) is 5.58. The number of aryl methyl sites for hydroxylation is 1. The van der Waals surface area contributed by atoms with E-state index in [0.717, 1.165) is 64.0 Å². The Morgan fingerprint density at radius 2 is 2.12 bits per heavy atom. The molecule has 0 radical (unpaired) electrons. The molecule has 2 aliphatic rings. The lowest BCUT2D eigenvalue weighted by molar-refractivity contribution is 0.102. The minimum Gasteiger partial charge on any atom is -0.454 e. The summed E-state index contributed by atoms with van der Waals surface area (Å²) in [6, 6.07) is 7.76. The van der Waals surface area contributed by atoms with E-state index in [9.17, 15) is 4.79 Å². The number of aromatic nitrogens is 3. The molecule has 1 fully saturated rings. The van der Waals surface area contributed by atoms with Crippen molar-refractivity contribution in [3.05, 3.63) is 41.2 Å². The van der Waals surface area contributed by atoms with Crippen LogP contribution in [0.1, 0.15) is 34.6 Å². The molecule has 5 rings (SSSR count). The molecule has 8 nitrogen and oxygen atoms in total. The predicted molar refractivity (Wildman–Crippen MR) is 124 cm³/mol. The Kier molecular flexibility index (Phi) is 6.07. The molecule has 3 aromatic rings. The number of ketones is 1. The molecular weight excluding hydrogens is 448 g/mol. The second kappa shape index (κ2) is 9.13. The van der Waals surface area contributed by atoms with Gasteiger partial charge in [-0.25, -0.2) is 0 Å². The zero-order valence-corrected chi connectivity index (χ0v) is 19.6. The number of rotatable bonds is 8. The molecule has 0 bridgehead atoms. The van der Waals surface area contributed by atoms with E-state index in [-0.39, 0.29) is 18.7 Å². The average molecular weight is 473 g/mol. The standard InChI is InChI=1S/C22H24N4O4S2/c1-13-8-17(14(2)26(13)15-5-6-19-20(9-15)30-12-29-19)18(27)11-31-22-25-24-21(32-22)23-10-16-4-3-7-28-16/h5-6,8-9,16H,3-4,7,10-12H2,1-2H3,(H,23,24)/t16-/m1/s1. The zero-order chi connectivity index (χ0) is 22.1. The van der Waals surface area contributed by atoms with Crippen molar-refractivity contribution in [3.8, 4) is 17.2 Å². The first kappa shape index (κ1) is 21.3. The van der Waals surface area contributed by atoms with E-state index >= 15 is 0 Å². The minimum atomic E-state index is 0.0687. The SMILES string of the molecule is Cc1cc(C(=O)CSc2nnc(NC[C@H]3CCCO3)s2)c(C)n1-c1ccc2c(c1)OCO2. The quantitative estimate of drug-likeness (QED) is 0.385. The molecule has 1 N–H and O–H groups in total. The van der Waals surface area contributed by atoms with Crippen molar-refractivity contribution in [3.63, 3.8) is 0 Å². The fourth-order valence-electron chi connectivity index (χ4n) is 4.02. The summed E-state index contributed by atoms with van der Waals surface area (Å²) in [6.07, 6.45) is 2.43. The molecule has 168 valence electrons. The molecular formula is C22H24N4O4S2. The van der Waals surface area contributed by atoms with Gasteiger partial charge in [0.1, 0.15) is 0 Å². The number of ether oxygens (including phenoxy) is 3. The Morgan fingerprint density at radius 1 is 1.25 bits per heavy atom. The molecule has 0 saturated carbocycles. The maximum Gasteiger partial charge on any atom is 0.231 e. The number of thioether (sulfide) groups is 1. The summed E-state index contributed by atoms with van der Waals surface area (Å²) in [5.74, 6) is 1.84. The van der Waals surface area contributed by atoms with E-state index in [0.29, 0.717) is 11.3 Å². The highest BCUT2D eigenvalue weighted by molar-refractivity contribution is 8.01. The van der Waals surface area contributed by atoms with Crippen LogP contribution in [-0.2, 0) is 4.74 Å². The van der Waals surface area contributed by atoms with Gasteiger partial charge >= 0.3 is 0 Å². The second-order valence-electron chi connectivity index (χ2n) is 7.76. The second-order valence-corrected chi connectivity index (χ2v) is 9.96. The number of carbonyl (C=O) groups excluding carboxylic acids is 1. The van der Waals surface area contributed by atoms with Gasteiger partial charge in [-0.05, 0) is 44.9 Å². The molecule has 1 aromatic carbocycles. The molecule has 1 atom stereocenters. The molecule has 0 unspecified atom stereocenters. The first-order valence-corrected chi connectivity index (χ1v) is 12.3. The summed E-state index contributed by atoms with van der Waals surface area (Å²) in [6.45, 7) is 5.78. The first-order chi connectivity index (χ1) is 15.6. The van der Waals surface area contributed by atoms with E-state index in [1.807, 2.05) is 38.1 Å². The first-order valence-electron chi connectivity index (χ1n) is 10.5. The number of Topliss-reactive ketones (excluding diaryl/α,β-unsaturated/α-hetero) is 1. The maximum atomic E-state index is 13.0. The van der Waals surface area contributed by atoms with E-state index in [1.54, 1.807) is 0 Å². The number of nitrogens with one attached hydrogen (secondary N) is 1. The third-order valence-corrected chi connectivity index (χ3v) is 7.60. The lowest BCUT2D eigenvalue weighted by atomic mass is 10.2. The summed E-state index contributed by atoms with van der Waals surface area (Å²) in [4.78, 5) is 13.0. The van der Waals surface area contributed by atoms with E-state index in [2.05, 4.69) is 20.1 Å². The summed E-state index contributed by atoms with van der Waals surface area (Å²) >= 11 is 2.88. The molecule has 2 aromatic heterocycles. The van der Waals surface area contributed by atoms with Gasteiger partial charge in [0.05, 0.1) is 11.9 Å². The number of fused-ring (bicyclic) bond motifs is 1. The van der Waals surface area contributed by atoms with Crippen molar-refractivity contribution in [1.82, 2.24) is 14.8 Å². The fraction of sp³-hybridized carbons (Fsp3) is 0.409. The topological polar surface area (TPSA) is 87.5 Å². The molecule has 2 aliphatic heterocycles. The Labute approximate surface area is 194 Å². The van der Waals surface area contributed by atoms with Crippen LogP contribution in [-0.4, -0.2) is 52.3 Å². The van der Waals surface area contributed by atoms with Crippen LogP contribution in [0.3, 0.4) is 0 Å². The van der Waals surface area contributed by atoms with Crippen LogP contribution in [0.5, 0.6) is 11.5 Å². The van der Waals surface area contributed by atoms with Crippen LogP contribution in [0, 0.1) is 13.8 Å². The highest BCUT2D eigenvalue weighted by Gasteiger charge is 2.20. The van der Waals surface area contributed by atoms with Gasteiger partial charge in [-0.1, -0.05) is 23.1 Å². The van der Waals surface area contributed by atoms with Crippen LogP contribution in [0.2, 0.25) is 0 Å². The van der Waals surface area contributed by atoms with E-state index in [4.69, 9.17) is 14.2 Å². The monoisotopic (exact) mass is 472 g/mol. The van der Waals surface area contributed by atoms with Gasteiger partial charge in [0.15, 0.2) is 21.6 Å². The lowest BCUT2D eigenvalue weighted by Crippen LogP contribution is -2.18. The molecule has 0 amide bonds. The maximum absolute atomic E-state index is 13.0. The van der Waals surface area contributed by atoms with Crippen LogP contribution < -0.4 is 14.8 Å². The number of carbonyl (C=O) groups is 1. The third kappa shape index (κ3) is 4.35. The fourth-order valence-corrected chi connectivity index (χ4v) is 5.66. The van der Waals surface area contributed by atoms with Gasteiger partial charge in [-0.3, -0.25) is 4.79 Å². The minimum absolute atomic E-state index is 0.0687. The van der Waals surface area contributed by atoms with Crippen molar-refractivity contribution < 1.29 is 19.0 Å². The van der Waals surface area contributed by atoms with Crippen molar-refractivity contribution >= 4 is 34.0 Å². The molecule has 4 heterocycles. The van der Waals surface area contributed by atoms with Crippen LogP contribution in [0.4, 0.5) is 5.13 Å². The summed E-state index contributed by atoms with van der Waals surface area (Å²) in [7, 11) is 0. The van der Waals surface area contributed by atoms with Gasteiger partial charge < -0.3 is 24.1 Å². The van der Waals surface area contributed by atoms with E-state index in [1.165, 1.54) is 23.1 Å². The normalized spacial score (nSPS) is 17.1. The van der Waals surface area contributed by atoms with Gasteiger partial charge in [-0.15, -0.1) is 10.2 Å². The molecule has 0 aliphatic carbocycles. The Hall–Kier alpha value is -2.56. The largest absolute Gasteiger partial charge is 0.454 e. The number of nitrogens with zero attached hydrogens (tertiary/aromatic N) is 3. The summed E-state index contributed by atoms with van der Waals surface area (Å²) in [5.41, 5.74) is 3.56. The Balaban J connectivity index is 1.23. The molecule has 0 spiro atoms. The van der Waals surface area contributed by atoms with Crippen molar-refractivity contribution in [2.45, 2.75) is 37.1 Å². The van der Waals surface area contributed by atoms with Crippen LogP contribution in [0.25, 0.3) is 5.69 Å². The smallest absolute Gasteiger partial charge is 0.231 e. The van der Waals surface area contributed by atoms with Gasteiger partial charge in [0.25, 0.3) is 0 Å². The highest BCUT2D eigenvalue weighted by Crippen LogP contribution is 2.35. The number of hydrogen-bond donors (Lipinski definition) is 1. The number of hydrogen-bond acceptors (Lipinski definition) is 9. The molecule has 1 saturated heterocycles. The average Bonchev–Trinajstić information content (AvgIpc) is 3.58. The van der Waals surface area contributed by atoms with Crippen LogP contribution in [0.15, 0.2) is 28.6 Å².